The number of piperidine rings is 1. The Morgan fingerprint density at radius 1 is 1.11 bits per heavy atom. The lowest BCUT2D eigenvalue weighted by atomic mass is 9.98. The van der Waals surface area contributed by atoms with Crippen LogP contribution in [0.5, 0.6) is 0 Å². The fourth-order valence-corrected chi connectivity index (χ4v) is 5.11. The SMILES string of the molecule is Cc1ccc(S(=O)(=O)N2CCCC(C(=O)NCCc3ccccc3C)C2)cc1. The molecule has 2 aromatic carbocycles. The number of hydrogen-bond donors (Lipinski definition) is 1. The third kappa shape index (κ3) is 4.80. The van der Waals surface area contributed by atoms with Gasteiger partial charge in [-0.05, 0) is 56.4 Å². The molecule has 1 fully saturated rings. The highest BCUT2D eigenvalue weighted by atomic mass is 32.2. The highest BCUT2D eigenvalue weighted by Gasteiger charge is 2.33. The van der Waals surface area contributed by atoms with Crippen molar-refractivity contribution in [2.24, 2.45) is 5.92 Å². The van der Waals surface area contributed by atoms with Crippen LogP contribution in [0.1, 0.15) is 29.5 Å². The smallest absolute Gasteiger partial charge is 0.243 e. The molecule has 1 aliphatic rings. The summed E-state index contributed by atoms with van der Waals surface area (Å²) in [7, 11) is -3.56. The first-order valence-corrected chi connectivity index (χ1v) is 11.2. The van der Waals surface area contributed by atoms with Gasteiger partial charge in [-0.15, -0.1) is 0 Å². The van der Waals surface area contributed by atoms with E-state index in [1.807, 2.05) is 19.1 Å². The van der Waals surface area contributed by atoms with E-state index >= 15 is 0 Å². The van der Waals surface area contributed by atoms with Gasteiger partial charge in [0.25, 0.3) is 0 Å². The molecule has 1 unspecified atom stereocenters. The van der Waals surface area contributed by atoms with Crippen LogP contribution in [0.2, 0.25) is 0 Å². The van der Waals surface area contributed by atoms with E-state index in [4.69, 9.17) is 0 Å². The molecule has 0 aromatic heterocycles. The Morgan fingerprint density at radius 3 is 2.54 bits per heavy atom. The van der Waals surface area contributed by atoms with Gasteiger partial charge in [0.1, 0.15) is 0 Å². The summed E-state index contributed by atoms with van der Waals surface area (Å²) in [4.78, 5) is 12.9. The minimum Gasteiger partial charge on any atom is -0.355 e. The van der Waals surface area contributed by atoms with Crippen molar-refractivity contribution in [1.82, 2.24) is 9.62 Å². The second-order valence-electron chi connectivity index (χ2n) is 7.48. The first kappa shape index (κ1) is 20.6. The standard InChI is InChI=1S/C22H28N2O3S/c1-17-9-11-21(12-10-17)28(26,27)24-15-5-8-20(16-24)22(25)23-14-13-19-7-4-3-6-18(19)2/h3-4,6-7,9-12,20H,5,8,13-16H2,1-2H3,(H,23,25). The molecule has 0 radical (unpaired) electrons. The largest absolute Gasteiger partial charge is 0.355 e. The van der Waals surface area contributed by atoms with Crippen molar-refractivity contribution in [3.63, 3.8) is 0 Å². The average Bonchev–Trinajstić information content (AvgIpc) is 2.70. The number of nitrogens with one attached hydrogen (secondary N) is 1. The van der Waals surface area contributed by atoms with Crippen LogP contribution in [0.3, 0.4) is 0 Å². The highest BCUT2D eigenvalue weighted by Crippen LogP contribution is 2.24. The van der Waals surface area contributed by atoms with Gasteiger partial charge in [-0.25, -0.2) is 8.42 Å². The maximum atomic E-state index is 12.9. The number of sulfonamides is 1. The Morgan fingerprint density at radius 2 is 1.82 bits per heavy atom. The Bertz CT molecular complexity index is 923. The number of hydrogen-bond acceptors (Lipinski definition) is 3. The van der Waals surface area contributed by atoms with Crippen LogP contribution in [0.4, 0.5) is 0 Å². The van der Waals surface area contributed by atoms with Crippen LogP contribution >= 0.6 is 0 Å². The van der Waals surface area contributed by atoms with Crippen LogP contribution in [-0.2, 0) is 21.2 Å². The van der Waals surface area contributed by atoms with Crippen molar-refractivity contribution in [1.29, 1.82) is 0 Å². The second kappa shape index (κ2) is 8.88. The zero-order chi connectivity index (χ0) is 20.1. The molecule has 1 atom stereocenters. The number of benzene rings is 2. The predicted molar refractivity (Wildman–Crippen MR) is 111 cm³/mol. The van der Waals surface area contributed by atoms with Crippen molar-refractivity contribution >= 4 is 15.9 Å². The summed E-state index contributed by atoms with van der Waals surface area (Å²) in [6, 6.07) is 15.0. The number of carbonyl (C=O) groups excluding carboxylic acids is 1. The van der Waals surface area contributed by atoms with E-state index in [9.17, 15) is 13.2 Å². The molecule has 1 amide bonds. The van der Waals surface area contributed by atoms with Crippen molar-refractivity contribution in [2.45, 2.75) is 38.0 Å². The lowest BCUT2D eigenvalue weighted by Crippen LogP contribution is -2.45. The maximum Gasteiger partial charge on any atom is 0.243 e. The molecule has 0 bridgehead atoms. The van der Waals surface area contributed by atoms with E-state index in [0.29, 0.717) is 24.4 Å². The molecule has 28 heavy (non-hydrogen) atoms. The quantitative estimate of drug-likeness (QED) is 0.810. The minimum atomic E-state index is -3.56. The van der Waals surface area contributed by atoms with Gasteiger partial charge in [0.2, 0.25) is 15.9 Å². The lowest BCUT2D eigenvalue weighted by Gasteiger charge is -2.31. The summed E-state index contributed by atoms with van der Waals surface area (Å²) in [5.74, 6) is -0.358. The Kier molecular flexibility index (Phi) is 6.52. The number of aryl methyl sites for hydroxylation is 2. The molecule has 1 saturated heterocycles. The van der Waals surface area contributed by atoms with Gasteiger partial charge in [-0.3, -0.25) is 4.79 Å². The van der Waals surface area contributed by atoms with E-state index in [2.05, 4.69) is 24.4 Å². The molecule has 3 rings (SSSR count). The van der Waals surface area contributed by atoms with Gasteiger partial charge < -0.3 is 5.32 Å². The Hall–Kier alpha value is -2.18. The molecule has 5 nitrogen and oxygen atoms in total. The van der Waals surface area contributed by atoms with Gasteiger partial charge in [-0.2, -0.15) is 4.31 Å². The Labute approximate surface area is 167 Å². The summed E-state index contributed by atoms with van der Waals surface area (Å²) in [5.41, 5.74) is 3.45. The molecule has 1 aliphatic heterocycles. The average molecular weight is 401 g/mol. The zero-order valence-electron chi connectivity index (χ0n) is 16.5. The first-order valence-electron chi connectivity index (χ1n) is 9.77. The molecule has 0 aliphatic carbocycles. The summed E-state index contributed by atoms with van der Waals surface area (Å²) >= 11 is 0. The van der Waals surface area contributed by atoms with Crippen molar-refractivity contribution in [2.75, 3.05) is 19.6 Å². The topological polar surface area (TPSA) is 66.5 Å². The van der Waals surface area contributed by atoms with E-state index in [0.717, 1.165) is 18.4 Å². The molecule has 1 heterocycles. The fourth-order valence-electron chi connectivity index (χ4n) is 3.59. The van der Waals surface area contributed by atoms with E-state index in [1.54, 1.807) is 24.3 Å². The summed E-state index contributed by atoms with van der Waals surface area (Å²) in [6.45, 7) is 5.25. The lowest BCUT2D eigenvalue weighted by molar-refractivity contribution is -0.126. The third-order valence-electron chi connectivity index (χ3n) is 5.37. The predicted octanol–water partition coefficient (Wildman–Crippen LogP) is 3.06. The number of amides is 1. The summed E-state index contributed by atoms with van der Waals surface area (Å²) < 4.78 is 27.2. The van der Waals surface area contributed by atoms with E-state index < -0.39 is 10.0 Å². The van der Waals surface area contributed by atoms with Crippen LogP contribution < -0.4 is 5.32 Å². The molecule has 0 spiro atoms. The van der Waals surface area contributed by atoms with Crippen molar-refractivity contribution in [3.8, 4) is 0 Å². The number of carbonyl (C=O) groups is 1. The number of rotatable bonds is 6. The van der Waals surface area contributed by atoms with Gasteiger partial charge in [-0.1, -0.05) is 42.0 Å². The molecular weight excluding hydrogens is 372 g/mol. The third-order valence-corrected chi connectivity index (χ3v) is 7.25. The summed E-state index contributed by atoms with van der Waals surface area (Å²) in [5, 5.41) is 2.99. The van der Waals surface area contributed by atoms with Crippen LogP contribution in [0.15, 0.2) is 53.4 Å². The Balaban J connectivity index is 1.58. The molecule has 6 heteroatoms. The molecule has 1 N–H and O–H groups in total. The highest BCUT2D eigenvalue weighted by molar-refractivity contribution is 7.89. The van der Waals surface area contributed by atoms with Crippen LogP contribution in [-0.4, -0.2) is 38.3 Å². The van der Waals surface area contributed by atoms with E-state index in [-0.39, 0.29) is 18.4 Å². The fraction of sp³-hybridized carbons (Fsp3) is 0.409. The molecule has 2 aromatic rings. The van der Waals surface area contributed by atoms with Crippen LogP contribution in [0.25, 0.3) is 0 Å². The second-order valence-corrected chi connectivity index (χ2v) is 9.42. The first-order chi connectivity index (χ1) is 13.4. The molecular formula is C22H28N2O3S. The zero-order valence-corrected chi connectivity index (χ0v) is 17.3. The maximum absolute atomic E-state index is 12.9. The van der Waals surface area contributed by atoms with Crippen LogP contribution in [0, 0.1) is 19.8 Å². The van der Waals surface area contributed by atoms with Crippen molar-refractivity contribution in [3.05, 3.63) is 65.2 Å². The monoisotopic (exact) mass is 400 g/mol. The summed E-state index contributed by atoms with van der Waals surface area (Å²) in [6.07, 6.45) is 2.19. The normalized spacial score (nSPS) is 18.0. The molecule has 150 valence electrons. The molecule has 0 saturated carbocycles. The van der Waals surface area contributed by atoms with Crippen molar-refractivity contribution < 1.29 is 13.2 Å². The van der Waals surface area contributed by atoms with Gasteiger partial charge in [0.05, 0.1) is 10.8 Å². The van der Waals surface area contributed by atoms with Gasteiger partial charge in [0.15, 0.2) is 0 Å². The number of nitrogens with zero attached hydrogens (tertiary/aromatic N) is 1. The van der Waals surface area contributed by atoms with Gasteiger partial charge in [0, 0.05) is 19.6 Å². The minimum absolute atomic E-state index is 0.0580. The van der Waals surface area contributed by atoms with E-state index in [1.165, 1.54) is 15.4 Å². The van der Waals surface area contributed by atoms with Gasteiger partial charge >= 0.3 is 0 Å².